The molecule has 0 aromatic rings. The van der Waals surface area contributed by atoms with Gasteiger partial charge in [0.05, 0.1) is 6.34 Å². The Morgan fingerprint density at radius 2 is 2.25 bits per heavy atom. The molecule has 0 spiro atoms. The van der Waals surface area contributed by atoms with Crippen molar-refractivity contribution in [2.45, 2.75) is 26.2 Å². The van der Waals surface area contributed by atoms with Crippen LogP contribution in [0.4, 0.5) is 0 Å². The number of hydrogen-bond donors (Lipinski definition) is 1. The molecule has 8 heavy (non-hydrogen) atoms. The van der Waals surface area contributed by atoms with Crippen molar-refractivity contribution in [3.8, 4) is 0 Å². The molecule has 0 aliphatic carbocycles. The van der Waals surface area contributed by atoms with Gasteiger partial charge in [0.1, 0.15) is 0 Å². The fourth-order valence-corrected chi connectivity index (χ4v) is 0.528. The molecule has 2 nitrogen and oxygen atoms in total. The highest BCUT2D eigenvalue weighted by atomic mass is 14.8. The van der Waals surface area contributed by atoms with Crippen LogP contribution in [0.5, 0.6) is 0 Å². The summed E-state index contributed by atoms with van der Waals surface area (Å²) in [7, 11) is 0. The minimum Gasteiger partial charge on any atom is -0.390 e. The molecule has 0 atom stereocenters. The first-order valence-electron chi connectivity index (χ1n) is 3.11. The van der Waals surface area contributed by atoms with Crippen LogP contribution in [-0.4, -0.2) is 12.9 Å². The second kappa shape index (κ2) is 6.47. The van der Waals surface area contributed by atoms with Crippen LogP contribution in [0.2, 0.25) is 0 Å². The zero-order chi connectivity index (χ0) is 6.24. The molecule has 0 unspecified atom stereocenters. The first-order chi connectivity index (χ1) is 3.91. The Labute approximate surface area is 50.8 Å². The molecule has 2 N–H and O–H groups in total. The third-order valence-corrected chi connectivity index (χ3v) is 0.996. The summed E-state index contributed by atoms with van der Waals surface area (Å²) in [5.74, 6) is 0. The van der Waals surface area contributed by atoms with Gasteiger partial charge in [0, 0.05) is 6.54 Å². The van der Waals surface area contributed by atoms with E-state index in [9.17, 15) is 0 Å². The Morgan fingerprint density at radius 3 is 2.75 bits per heavy atom. The van der Waals surface area contributed by atoms with Gasteiger partial charge >= 0.3 is 0 Å². The third-order valence-electron chi connectivity index (χ3n) is 0.996. The predicted octanol–water partition coefficient (Wildman–Crippen LogP) is 1.16. The van der Waals surface area contributed by atoms with Gasteiger partial charge in [-0.15, -0.1) is 0 Å². The van der Waals surface area contributed by atoms with Gasteiger partial charge in [-0.1, -0.05) is 19.8 Å². The molecule has 0 heterocycles. The van der Waals surface area contributed by atoms with Gasteiger partial charge in [-0.25, -0.2) is 0 Å². The Hall–Kier alpha value is -0.530. The van der Waals surface area contributed by atoms with Crippen molar-refractivity contribution in [1.82, 2.24) is 0 Å². The van der Waals surface area contributed by atoms with Crippen LogP contribution in [0, 0.1) is 0 Å². The van der Waals surface area contributed by atoms with Crippen LogP contribution in [0.1, 0.15) is 26.2 Å². The SMILES string of the molecule is CCCCC/N=C\N. The lowest BCUT2D eigenvalue weighted by Crippen LogP contribution is -1.90. The molecule has 0 aliphatic rings. The largest absolute Gasteiger partial charge is 0.390 e. The standard InChI is InChI=1S/C6H14N2/c1-2-3-4-5-8-6-7/h6H,2-5H2,1H3,(H2,7,8). The first-order valence-corrected chi connectivity index (χ1v) is 3.11. The average Bonchev–Trinajstić information content (AvgIpc) is 1.81. The summed E-state index contributed by atoms with van der Waals surface area (Å²) >= 11 is 0. The Kier molecular flexibility index (Phi) is 6.04. The zero-order valence-electron chi connectivity index (χ0n) is 5.43. The number of nitrogens with two attached hydrogens (primary N) is 1. The van der Waals surface area contributed by atoms with Crippen molar-refractivity contribution in [3.63, 3.8) is 0 Å². The van der Waals surface area contributed by atoms with Crippen molar-refractivity contribution >= 4 is 6.34 Å². The Bertz CT molecular complexity index is 59.5. The van der Waals surface area contributed by atoms with E-state index in [2.05, 4.69) is 11.9 Å². The monoisotopic (exact) mass is 114 g/mol. The molecule has 0 radical (unpaired) electrons. The molecule has 0 saturated carbocycles. The summed E-state index contributed by atoms with van der Waals surface area (Å²) < 4.78 is 0. The van der Waals surface area contributed by atoms with Crippen molar-refractivity contribution < 1.29 is 0 Å². The Balaban J connectivity index is 2.72. The molecule has 0 amide bonds. The van der Waals surface area contributed by atoms with Crippen LogP contribution >= 0.6 is 0 Å². The first kappa shape index (κ1) is 7.47. The van der Waals surface area contributed by atoms with Gasteiger partial charge in [0.2, 0.25) is 0 Å². The highest BCUT2D eigenvalue weighted by Gasteiger charge is 1.79. The second-order valence-electron chi connectivity index (χ2n) is 1.76. The lowest BCUT2D eigenvalue weighted by Gasteiger charge is -1.88. The van der Waals surface area contributed by atoms with E-state index >= 15 is 0 Å². The van der Waals surface area contributed by atoms with Crippen LogP contribution in [-0.2, 0) is 0 Å². The maximum Gasteiger partial charge on any atom is 0.0797 e. The van der Waals surface area contributed by atoms with Gasteiger partial charge in [-0.3, -0.25) is 4.99 Å². The van der Waals surface area contributed by atoms with Gasteiger partial charge < -0.3 is 5.73 Å². The van der Waals surface area contributed by atoms with E-state index in [1.54, 1.807) is 0 Å². The number of nitrogens with zero attached hydrogens (tertiary/aromatic N) is 1. The number of aliphatic imine (C=N–C) groups is 1. The molecule has 0 saturated heterocycles. The molecule has 0 fully saturated rings. The number of unbranched alkanes of at least 4 members (excludes halogenated alkanes) is 2. The summed E-state index contributed by atoms with van der Waals surface area (Å²) in [5.41, 5.74) is 5.02. The highest BCUT2D eigenvalue weighted by Crippen LogP contribution is 1.92. The fraction of sp³-hybridized carbons (Fsp3) is 0.833. The number of rotatable bonds is 4. The van der Waals surface area contributed by atoms with E-state index in [0.29, 0.717) is 0 Å². The second-order valence-corrected chi connectivity index (χ2v) is 1.76. The minimum atomic E-state index is 0.893. The maximum atomic E-state index is 5.02. The van der Waals surface area contributed by atoms with E-state index < -0.39 is 0 Å². The predicted molar refractivity (Wildman–Crippen MR) is 37.1 cm³/mol. The van der Waals surface area contributed by atoms with Crippen molar-refractivity contribution in [2.24, 2.45) is 10.7 Å². The van der Waals surface area contributed by atoms with Crippen molar-refractivity contribution in [3.05, 3.63) is 0 Å². The quantitative estimate of drug-likeness (QED) is 0.332. The topological polar surface area (TPSA) is 38.4 Å². The molecule has 2 heteroatoms. The van der Waals surface area contributed by atoms with E-state index in [0.717, 1.165) is 6.54 Å². The third kappa shape index (κ3) is 5.47. The minimum absolute atomic E-state index is 0.893. The van der Waals surface area contributed by atoms with Crippen LogP contribution in [0.15, 0.2) is 4.99 Å². The fourth-order valence-electron chi connectivity index (χ4n) is 0.528. The molecule has 48 valence electrons. The van der Waals surface area contributed by atoms with E-state index in [1.165, 1.54) is 25.6 Å². The van der Waals surface area contributed by atoms with Crippen LogP contribution in [0.25, 0.3) is 0 Å². The van der Waals surface area contributed by atoms with Crippen molar-refractivity contribution in [1.29, 1.82) is 0 Å². The van der Waals surface area contributed by atoms with E-state index in [1.807, 2.05) is 0 Å². The van der Waals surface area contributed by atoms with Gasteiger partial charge in [0.25, 0.3) is 0 Å². The molecule has 0 bridgehead atoms. The molecule has 0 aromatic heterocycles. The zero-order valence-corrected chi connectivity index (χ0v) is 5.43. The van der Waals surface area contributed by atoms with Crippen LogP contribution in [0.3, 0.4) is 0 Å². The lowest BCUT2D eigenvalue weighted by atomic mass is 10.2. The van der Waals surface area contributed by atoms with E-state index in [4.69, 9.17) is 5.73 Å². The maximum absolute atomic E-state index is 5.02. The smallest absolute Gasteiger partial charge is 0.0797 e. The van der Waals surface area contributed by atoms with E-state index in [-0.39, 0.29) is 0 Å². The summed E-state index contributed by atoms with van der Waals surface area (Å²) in [4.78, 5) is 3.86. The average molecular weight is 114 g/mol. The molecule has 0 aromatic carbocycles. The molecule has 0 rings (SSSR count). The van der Waals surface area contributed by atoms with Gasteiger partial charge in [0.15, 0.2) is 0 Å². The number of hydrogen-bond acceptors (Lipinski definition) is 1. The summed E-state index contributed by atoms with van der Waals surface area (Å²) in [6, 6.07) is 0. The highest BCUT2D eigenvalue weighted by molar-refractivity contribution is 5.50. The Morgan fingerprint density at radius 1 is 1.50 bits per heavy atom. The molecular weight excluding hydrogens is 100 g/mol. The lowest BCUT2D eigenvalue weighted by molar-refractivity contribution is 0.729. The normalized spacial score (nSPS) is 10.6. The van der Waals surface area contributed by atoms with Gasteiger partial charge in [-0.05, 0) is 6.42 Å². The summed E-state index contributed by atoms with van der Waals surface area (Å²) in [5, 5.41) is 0. The molecule has 0 aliphatic heterocycles. The summed E-state index contributed by atoms with van der Waals surface area (Å²) in [6.45, 7) is 3.07. The summed E-state index contributed by atoms with van der Waals surface area (Å²) in [6.07, 6.45) is 5.05. The van der Waals surface area contributed by atoms with Crippen molar-refractivity contribution in [2.75, 3.05) is 6.54 Å². The van der Waals surface area contributed by atoms with Gasteiger partial charge in [-0.2, -0.15) is 0 Å². The molecular formula is C6H14N2. The van der Waals surface area contributed by atoms with Crippen LogP contribution < -0.4 is 5.73 Å².